The molecule has 0 radical (unpaired) electrons. The van der Waals surface area contributed by atoms with E-state index in [0.29, 0.717) is 6.54 Å². The zero-order valence-electron chi connectivity index (χ0n) is 9.52. The monoisotopic (exact) mass is 302 g/mol. The van der Waals surface area contributed by atoms with Crippen LogP contribution in [0.5, 0.6) is 0 Å². The van der Waals surface area contributed by atoms with Gasteiger partial charge in [-0.1, -0.05) is 0 Å². The van der Waals surface area contributed by atoms with Gasteiger partial charge >= 0.3 is 0 Å². The predicted octanol–water partition coefficient (Wildman–Crippen LogP) is 3.33. The number of anilines is 1. The van der Waals surface area contributed by atoms with Crippen molar-refractivity contribution in [2.24, 2.45) is 0 Å². The zero-order valence-corrected chi connectivity index (χ0v) is 11.1. The summed E-state index contributed by atoms with van der Waals surface area (Å²) in [7, 11) is 0. The van der Waals surface area contributed by atoms with Crippen molar-refractivity contribution in [3.8, 4) is 0 Å². The van der Waals surface area contributed by atoms with Gasteiger partial charge in [-0.25, -0.2) is 0 Å². The normalized spacial score (nSPS) is 10.7. The van der Waals surface area contributed by atoms with Crippen molar-refractivity contribution in [1.29, 1.82) is 0 Å². The Morgan fingerprint density at radius 3 is 2.94 bits per heavy atom. The van der Waals surface area contributed by atoms with Gasteiger partial charge in [0.1, 0.15) is 0 Å². The van der Waals surface area contributed by atoms with Gasteiger partial charge in [0, 0.05) is 21.7 Å². The average molecular weight is 303 g/mol. The molecule has 18 heavy (non-hydrogen) atoms. The molecule has 0 fully saturated rings. The van der Waals surface area contributed by atoms with Crippen molar-refractivity contribution in [2.45, 2.75) is 6.54 Å². The minimum atomic E-state index is 0.701. The Balaban J connectivity index is 1.74. The number of H-pyrrole nitrogens is 1. The fourth-order valence-electron chi connectivity index (χ4n) is 1.75. The highest BCUT2D eigenvalue weighted by Crippen LogP contribution is 2.17. The Kier molecular flexibility index (Phi) is 2.98. The summed E-state index contributed by atoms with van der Waals surface area (Å²) in [5, 5.41) is 11.4. The van der Waals surface area contributed by atoms with E-state index in [4.69, 9.17) is 0 Å². The number of pyridine rings is 1. The number of aromatic nitrogens is 3. The Morgan fingerprint density at radius 2 is 2.11 bits per heavy atom. The molecule has 0 aliphatic heterocycles. The van der Waals surface area contributed by atoms with Crippen molar-refractivity contribution in [2.75, 3.05) is 5.32 Å². The first-order valence-electron chi connectivity index (χ1n) is 5.59. The minimum Gasteiger partial charge on any atom is -0.379 e. The molecule has 4 nitrogen and oxygen atoms in total. The summed E-state index contributed by atoms with van der Waals surface area (Å²) in [6.45, 7) is 0.701. The lowest BCUT2D eigenvalue weighted by molar-refractivity contribution is 1.04. The highest BCUT2D eigenvalue weighted by atomic mass is 79.9. The summed E-state index contributed by atoms with van der Waals surface area (Å²) in [6.07, 6.45) is 3.62. The number of nitrogens with one attached hydrogen (secondary N) is 2. The van der Waals surface area contributed by atoms with Gasteiger partial charge < -0.3 is 5.32 Å². The van der Waals surface area contributed by atoms with Gasteiger partial charge in [-0.15, -0.1) is 0 Å². The van der Waals surface area contributed by atoms with Crippen LogP contribution in [0, 0.1) is 0 Å². The van der Waals surface area contributed by atoms with Crippen LogP contribution in [0.1, 0.15) is 5.69 Å². The van der Waals surface area contributed by atoms with E-state index >= 15 is 0 Å². The van der Waals surface area contributed by atoms with Crippen LogP contribution in [0.25, 0.3) is 10.9 Å². The highest BCUT2D eigenvalue weighted by Gasteiger charge is 1.99. The van der Waals surface area contributed by atoms with Crippen LogP contribution in [-0.2, 0) is 6.54 Å². The maximum Gasteiger partial charge on any atom is 0.0670 e. The first-order valence-corrected chi connectivity index (χ1v) is 6.38. The third kappa shape index (κ3) is 2.36. The van der Waals surface area contributed by atoms with Crippen LogP contribution in [-0.4, -0.2) is 15.2 Å². The number of benzene rings is 1. The summed E-state index contributed by atoms with van der Waals surface area (Å²) < 4.78 is 0.991. The summed E-state index contributed by atoms with van der Waals surface area (Å²) >= 11 is 3.37. The number of hydrogen-bond donors (Lipinski definition) is 2. The first kappa shape index (κ1) is 11.2. The van der Waals surface area contributed by atoms with Crippen LogP contribution in [0.15, 0.2) is 47.2 Å². The summed E-state index contributed by atoms with van der Waals surface area (Å²) in [5.41, 5.74) is 3.09. The van der Waals surface area contributed by atoms with Crippen LogP contribution in [0.2, 0.25) is 0 Å². The fraction of sp³-hybridized carbons (Fsp3) is 0.0769. The topological polar surface area (TPSA) is 53.6 Å². The van der Waals surface area contributed by atoms with Crippen LogP contribution in [0.4, 0.5) is 5.69 Å². The van der Waals surface area contributed by atoms with E-state index in [2.05, 4.69) is 36.4 Å². The number of hydrogen-bond acceptors (Lipinski definition) is 3. The second kappa shape index (κ2) is 4.78. The maximum absolute atomic E-state index is 4.32. The molecule has 0 aliphatic carbocycles. The molecule has 1 aromatic carbocycles. The molecule has 0 aliphatic rings. The molecule has 0 saturated heterocycles. The zero-order chi connectivity index (χ0) is 12.4. The lowest BCUT2D eigenvalue weighted by Crippen LogP contribution is -2.01. The molecule has 0 unspecified atom stereocenters. The smallest absolute Gasteiger partial charge is 0.0670 e. The molecule has 3 rings (SSSR count). The van der Waals surface area contributed by atoms with Crippen LogP contribution in [0.3, 0.4) is 0 Å². The van der Waals surface area contributed by atoms with Crippen molar-refractivity contribution >= 4 is 32.5 Å². The standard InChI is InChI=1S/C13H11BrN4/c14-10-2-4-12(15-7-10)8-16-11-3-1-9-6-17-18-13(9)5-11/h1-7,16H,8H2,(H,17,18). The molecule has 0 spiro atoms. The Hall–Kier alpha value is -1.88. The number of rotatable bonds is 3. The third-order valence-corrected chi connectivity index (χ3v) is 3.17. The quantitative estimate of drug-likeness (QED) is 0.780. The summed E-state index contributed by atoms with van der Waals surface area (Å²) in [6, 6.07) is 10.1. The van der Waals surface area contributed by atoms with Gasteiger partial charge in [-0.05, 0) is 46.3 Å². The van der Waals surface area contributed by atoms with Gasteiger partial charge in [0.05, 0.1) is 24.0 Å². The number of fused-ring (bicyclic) bond motifs is 1. The molecule has 0 amide bonds. The van der Waals surface area contributed by atoms with Gasteiger partial charge in [-0.3, -0.25) is 10.1 Å². The molecule has 2 aromatic heterocycles. The van der Waals surface area contributed by atoms with E-state index in [0.717, 1.165) is 26.8 Å². The Morgan fingerprint density at radius 1 is 1.17 bits per heavy atom. The van der Waals surface area contributed by atoms with E-state index in [9.17, 15) is 0 Å². The summed E-state index contributed by atoms with van der Waals surface area (Å²) in [4.78, 5) is 4.32. The first-order chi connectivity index (χ1) is 8.81. The van der Waals surface area contributed by atoms with Crippen molar-refractivity contribution in [3.05, 3.63) is 52.9 Å². The number of aromatic amines is 1. The van der Waals surface area contributed by atoms with Gasteiger partial charge in [0.15, 0.2) is 0 Å². The molecule has 0 bridgehead atoms. The van der Waals surface area contributed by atoms with Gasteiger partial charge in [-0.2, -0.15) is 5.10 Å². The number of halogens is 1. The SMILES string of the molecule is Brc1ccc(CNc2ccc3cn[nH]c3c2)nc1. The van der Waals surface area contributed by atoms with Gasteiger partial charge in [0.25, 0.3) is 0 Å². The lowest BCUT2D eigenvalue weighted by atomic mass is 10.2. The average Bonchev–Trinajstić information content (AvgIpc) is 2.85. The molecule has 0 saturated carbocycles. The van der Waals surface area contributed by atoms with Crippen molar-refractivity contribution in [1.82, 2.24) is 15.2 Å². The van der Waals surface area contributed by atoms with E-state index in [1.165, 1.54) is 0 Å². The molecule has 5 heteroatoms. The summed E-state index contributed by atoms with van der Waals surface area (Å²) in [5.74, 6) is 0. The van der Waals surface area contributed by atoms with E-state index in [-0.39, 0.29) is 0 Å². The predicted molar refractivity (Wildman–Crippen MR) is 75.4 cm³/mol. The van der Waals surface area contributed by atoms with Gasteiger partial charge in [0.2, 0.25) is 0 Å². The molecular weight excluding hydrogens is 292 g/mol. The lowest BCUT2D eigenvalue weighted by Gasteiger charge is -2.05. The van der Waals surface area contributed by atoms with Crippen LogP contribution < -0.4 is 5.32 Å². The third-order valence-electron chi connectivity index (χ3n) is 2.70. The molecule has 90 valence electrons. The van der Waals surface area contributed by atoms with Crippen LogP contribution >= 0.6 is 15.9 Å². The van der Waals surface area contributed by atoms with Crippen molar-refractivity contribution < 1.29 is 0 Å². The second-order valence-electron chi connectivity index (χ2n) is 3.99. The second-order valence-corrected chi connectivity index (χ2v) is 4.91. The van der Waals surface area contributed by atoms with E-state index < -0.39 is 0 Å². The molecule has 0 atom stereocenters. The Bertz CT molecular complexity index is 660. The fourth-order valence-corrected chi connectivity index (χ4v) is 1.99. The Labute approximate surface area is 113 Å². The molecular formula is C13H11BrN4. The largest absolute Gasteiger partial charge is 0.379 e. The number of nitrogens with zero attached hydrogens (tertiary/aromatic N) is 2. The van der Waals surface area contributed by atoms with E-state index in [1.54, 1.807) is 6.20 Å². The minimum absolute atomic E-state index is 0.701. The molecule has 2 heterocycles. The highest BCUT2D eigenvalue weighted by molar-refractivity contribution is 9.10. The maximum atomic E-state index is 4.32. The molecule has 2 N–H and O–H groups in total. The van der Waals surface area contributed by atoms with E-state index in [1.807, 2.05) is 36.5 Å². The molecule has 3 aromatic rings. The van der Waals surface area contributed by atoms with Crippen molar-refractivity contribution in [3.63, 3.8) is 0 Å².